The molecule has 0 aliphatic rings. The van der Waals surface area contributed by atoms with E-state index in [0.29, 0.717) is 13.1 Å². The number of aromatic nitrogens is 2. The van der Waals surface area contributed by atoms with E-state index < -0.39 is 0 Å². The molecule has 5 heteroatoms. The average Bonchev–Trinajstić information content (AvgIpc) is 2.80. The largest absolute Gasteiger partial charge is 0.348 e. The van der Waals surface area contributed by atoms with Gasteiger partial charge >= 0.3 is 0 Å². The molecule has 0 saturated heterocycles. The molecule has 0 fully saturated rings. The third kappa shape index (κ3) is 3.24. The van der Waals surface area contributed by atoms with Gasteiger partial charge in [-0.2, -0.15) is 0 Å². The molecule has 5 nitrogen and oxygen atoms in total. The zero-order chi connectivity index (χ0) is 14.5. The minimum atomic E-state index is 0.0625. The molecule has 0 unspecified atom stereocenters. The summed E-state index contributed by atoms with van der Waals surface area (Å²) in [5.74, 6) is 0.999. The predicted octanol–water partition coefficient (Wildman–Crippen LogP) is 1.36. The van der Waals surface area contributed by atoms with Gasteiger partial charge in [-0.25, -0.2) is 4.98 Å². The van der Waals surface area contributed by atoms with Crippen LogP contribution in [0.2, 0.25) is 0 Å². The molecule has 0 bridgehead atoms. The van der Waals surface area contributed by atoms with E-state index >= 15 is 0 Å². The Morgan fingerprint density at radius 2 is 2.00 bits per heavy atom. The number of likely N-dealkylation sites (N-methyl/N-ethyl adjacent to an activating group) is 1. The summed E-state index contributed by atoms with van der Waals surface area (Å²) >= 11 is 0. The second kappa shape index (κ2) is 6.34. The molecule has 0 saturated carbocycles. The maximum Gasteiger partial charge on any atom is 0.236 e. The average molecular weight is 272 g/mol. The van der Waals surface area contributed by atoms with Crippen LogP contribution in [0.15, 0.2) is 36.5 Å². The molecule has 106 valence electrons. The number of nitrogens with zero attached hydrogens (tertiary/aromatic N) is 3. The fourth-order valence-electron chi connectivity index (χ4n) is 2.00. The van der Waals surface area contributed by atoms with Crippen LogP contribution in [0.1, 0.15) is 11.5 Å². The van der Waals surface area contributed by atoms with Crippen LogP contribution in [-0.4, -0.2) is 41.0 Å². The topological polar surface area (TPSA) is 50.2 Å². The molecular formula is C15H20N4O. The summed E-state index contributed by atoms with van der Waals surface area (Å²) in [7, 11) is 3.50. The highest BCUT2D eigenvalue weighted by molar-refractivity contribution is 5.77. The number of aryl methyl sites for hydroxylation is 1. The lowest BCUT2D eigenvalue weighted by atomic mass is 10.3. The first-order valence-electron chi connectivity index (χ1n) is 6.59. The summed E-state index contributed by atoms with van der Waals surface area (Å²) in [6.45, 7) is 2.91. The number of carbonyl (C=O) groups excluding carboxylic acids is 1. The van der Waals surface area contributed by atoms with Crippen molar-refractivity contribution >= 4 is 5.91 Å². The molecule has 2 aromatic rings. The number of para-hydroxylation sites is 1. The van der Waals surface area contributed by atoms with E-state index in [1.807, 2.05) is 43.5 Å². The quantitative estimate of drug-likeness (QED) is 0.894. The second-order valence-corrected chi connectivity index (χ2v) is 4.86. The van der Waals surface area contributed by atoms with Crippen molar-refractivity contribution in [1.82, 2.24) is 19.8 Å². The van der Waals surface area contributed by atoms with Crippen LogP contribution in [0.25, 0.3) is 5.69 Å². The Morgan fingerprint density at radius 3 is 2.65 bits per heavy atom. The van der Waals surface area contributed by atoms with E-state index in [0.717, 1.165) is 17.2 Å². The monoisotopic (exact) mass is 272 g/mol. The SMILES string of the molecule is Cc1ncc(CNCC(=O)N(C)C)n1-c1ccccc1. The standard InChI is InChI=1S/C15H20N4O/c1-12-17-10-14(9-16-11-15(20)18(2)3)19(12)13-7-5-4-6-8-13/h4-8,10,16H,9,11H2,1-3H3. The van der Waals surface area contributed by atoms with Crippen LogP contribution < -0.4 is 5.32 Å². The lowest BCUT2D eigenvalue weighted by Gasteiger charge is -2.13. The third-order valence-corrected chi connectivity index (χ3v) is 3.11. The number of rotatable bonds is 5. The molecule has 20 heavy (non-hydrogen) atoms. The van der Waals surface area contributed by atoms with Gasteiger partial charge < -0.3 is 10.2 Å². The smallest absolute Gasteiger partial charge is 0.236 e. The van der Waals surface area contributed by atoms with Gasteiger partial charge in [-0.1, -0.05) is 18.2 Å². The maximum atomic E-state index is 11.5. The van der Waals surface area contributed by atoms with Crippen LogP contribution in [0.3, 0.4) is 0 Å². The number of carbonyl (C=O) groups is 1. The van der Waals surface area contributed by atoms with Gasteiger partial charge in [0.15, 0.2) is 0 Å². The van der Waals surface area contributed by atoms with E-state index in [-0.39, 0.29) is 5.91 Å². The van der Waals surface area contributed by atoms with Crippen molar-refractivity contribution in [2.75, 3.05) is 20.6 Å². The first kappa shape index (κ1) is 14.3. The highest BCUT2D eigenvalue weighted by Gasteiger charge is 2.09. The van der Waals surface area contributed by atoms with E-state index in [2.05, 4.69) is 14.9 Å². The van der Waals surface area contributed by atoms with Crippen molar-refractivity contribution < 1.29 is 4.79 Å². The summed E-state index contributed by atoms with van der Waals surface area (Å²) in [5.41, 5.74) is 2.12. The van der Waals surface area contributed by atoms with Gasteiger partial charge in [-0.15, -0.1) is 0 Å². The second-order valence-electron chi connectivity index (χ2n) is 4.86. The summed E-state index contributed by atoms with van der Waals surface area (Å²) in [5, 5.41) is 3.15. The van der Waals surface area contributed by atoms with Crippen LogP contribution in [0, 0.1) is 6.92 Å². The number of nitrogens with one attached hydrogen (secondary N) is 1. The molecule has 0 spiro atoms. The van der Waals surface area contributed by atoms with Crippen molar-refractivity contribution in [2.45, 2.75) is 13.5 Å². The minimum absolute atomic E-state index is 0.0625. The fraction of sp³-hybridized carbons (Fsp3) is 0.333. The lowest BCUT2D eigenvalue weighted by Crippen LogP contribution is -2.33. The molecule has 1 heterocycles. The van der Waals surface area contributed by atoms with Gasteiger partial charge in [-0.3, -0.25) is 9.36 Å². The van der Waals surface area contributed by atoms with E-state index in [4.69, 9.17) is 0 Å². The van der Waals surface area contributed by atoms with Gasteiger partial charge in [0.25, 0.3) is 0 Å². The van der Waals surface area contributed by atoms with Gasteiger partial charge in [-0.05, 0) is 19.1 Å². The highest BCUT2D eigenvalue weighted by atomic mass is 16.2. The van der Waals surface area contributed by atoms with Crippen molar-refractivity contribution in [2.24, 2.45) is 0 Å². The zero-order valence-electron chi connectivity index (χ0n) is 12.1. The molecule has 1 amide bonds. The predicted molar refractivity (Wildman–Crippen MR) is 78.7 cm³/mol. The number of hydrogen-bond acceptors (Lipinski definition) is 3. The summed E-state index contributed by atoms with van der Waals surface area (Å²) in [6.07, 6.45) is 1.84. The van der Waals surface area contributed by atoms with Crippen molar-refractivity contribution in [3.05, 3.63) is 48.0 Å². The van der Waals surface area contributed by atoms with Gasteiger partial charge in [0.1, 0.15) is 5.82 Å². The van der Waals surface area contributed by atoms with Crippen LogP contribution in [-0.2, 0) is 11.3 Å². The van der Waals surface area contributed by atoms with Crippen LogP contribution in [0.4, 0.5) is 0 Å². The lowest BCUT2D eigenvalue weighted by molar-refractivity contribution is -0.127. The minimum Gasteiger partial charge on any atom is -0.348 e. The number of benzene rings is 1. The van der Waals surface area contributed by atoms with Crippen molar-refractivity contribution in [3.63, 3.8) is 0 Å². The summed E-state index contributed by atoms with van der Waals surface area (Å²) < 4.78 is 2.09. The summed E-state index contributed by atoms with van der Waals surface area (Å²) in [4.78, 5) is 17.5. The molecule has 0 atom stereocenters. The number of imidazole rings is 1. The van der Waals surface area contributed by atoms with Gasteiger partial charge in [0.05, 0.1) is 18.4 Å². The Kier molecular flexibility index (Phi) is 4.53. The molecule has 0 aliphatic carbocycles. The van der Waals surface area contributed by atoms with Gasteiger partial charge in [0, 0.05) is 26.3 Å². The Labute approximate surface area is 119 Å². The summed E-state index contributed by atoms with van der Waals surface area (Å²) in [6, 6.07) is 10.1. The Morgan fingerprint density at radius 1 is 1.30 bits per heavy atom. The third-order valence-electron chi connectivity index (χ3n) is 3.11. The zero-order valence-corrected chi connectivity index (χ0v) is 12.1. The first-order valence-corrected chi connectivity index (χ1v) is 6.59. The van der Waals surface area contributed by atoms with E-state index in [9.17, 15) is 4.79 Å². The number of hydrogen-bond donors (Lipinski definition) is 1. The molecule has 1 aromatic carbocycles. The Bertz CT molecular complexity index is 575. The number of amides is 1. The van der Waals surface area contributed by atoms with E-state index in [1.165, 1.54) is 0 Å². The maximum absolute atomic E-state index is 11.5. The molecule has 1 N–H and O–H groups in total. The van der Waals surface area contributed by atoms with Crippen molar-refractivity contribution in [1.29, 1.82) is 0 Å². The van der Waals surface area contributed by atoms with Crippen molar-refractivity contribution in [3.8, 4) is 5.69 Å². The molecule has 0 aliphatic heterocycles. The molecule has 0 radical (unpaired) electrons. The van der Waals surface area contributed by atoms with E-state index in [1.54, 1.807) is 19.0 Å². The van der Waals surface area contributed by atoms with Gasteiger partial charge in [0.2, 0.25) is 5.91 Å². The normalized spacial score (nSPS) is 10.6. The molecule has 2 rings (SSSR count). The van der Waals surface area contributed by atoms with Crippen LogP contribution in [0.5, 0.6) is 0 Å². The first-order chi connectivity index (χ1) is 9.59. The molecule has 1 aromatic heterocycles. The molecular weight excluding hydrogens is 252 g/mol. The Hall–Kier alpha value is -2.14. The fourth-order valence-corrected chi connectivity index (χ4v) is 2.00. The van der Waals surface area contributed by atoms with Crippen LogP contribution >= 0.6 is 0 Å². The highest BCUT2D eigenvalue weighted by Crippen LogP contribution is 2.14. The Balaban J connectivity index is 2.09.